The number of carbonyl (C=O) groups is 1. The van der Waals surface area contributed by atoms with Crippen LogP contribution in [-0.4, -0.2) is 66.6 Å². The minimum atomic E-state index is -0.116. The molecule has 0 atom stereocenters. The average Bonchev–Trinajstić information content (AvgIpc) is 2.68. The Kier molecular flexibility index (Phi) is 5.94. The van der Waals surface area contributed by atoms with E-state index in [0.29, 0.717) is 25.2 Å². The summed E-state index contributed by atoms with van der Waals surface area (Å²) in [5.74, 6) is -0.116. The van der Waals surface area contributed by atoms with E-state index in [-0.39, 0.29) is 5.91 Å². The normalized spacial score (nSPS) is 15.0. The quantitative estimate of drug-likeness (QED) is 0.805. The molecule has 0 saturated carbocycles. The van der Waals surface area contributed by atoms with Crippen molar-refractivity contribution in [2.24, 2.45) is 0 Å². The van der Waals surface area contributed by atoms with E-state index >= 15 is 0 Å². The molecule has 1 aromatic carbocycles. The number of aromatic nitrogens is 1. The van der Waals surface area contributed by atoms with E-state index in [4.69, 9.17) is 10.00 Å². The Hall–Kier alpha value is -2.49. The standard InChI is InChI=1S/C19H22N4O2/c20-8-3-9-23(11-10-22-12-14-25-15-13-22)19(24)18-7-6-16-4-1-2-5-17(16)21-18/h1-2,4-7H,3,9-15H2. The summed E-state index contributed by atoms with van der Waals surface area (Å²) in [6.45, 7) is 5.04. The minimum absolute atomic E-state index is 0.116. The van der Waals surface area contributed by atoms with E-state index in [0.717, 1.165) is 43.8 Å². The number of pyridine rings is 1. The Balaban J connectivity index is 1.71. The van der Waals surface area contributed by atoms with Gasteiger partial charge in [-0.1, -0.05) is 24.3 Å². The maximum Gasteiger partial charge on any atom is 0.272 e. The van der Waals surface area contributed by atoms with Crippen LogP contribution < -0.4 is 0 Å². The number of rotatable bonds is 6. The van der Waals surface area contributed by atoms with Crippen molar-refractivity contribution in [1.29, 1.82) is 5.26 Å². The molecule has 1 saturated heterocycles. The lowest BCUT2D eigenvalue weighted by Gasteiger charge is -2.29. The largest absolute Gasteiger partial charge is 0.379 e. The monoisotopic (exact) mass is 338 g/mol. The highest BCUT2D eigenvalue weighted by molar-refractivity contribution is 5.94. The predicted octanol–water partition coefficient (Wildman–Crippen LogP) is 1.92. The van der Waals surface area contributed by atoms with Gasteiger partial charge < -0.3 is 9.64 Å². The van der Waals surface area contributed by atoms with E-state index in [2.05, 4.69) is 16.0 Å². The van der Waals surface area contributed by atoms with E-state index < -0.39 is 0 Å². The van der Waals surface area contributed by atoms with Crippen LogP contribution in [0.5, 0.6) is 0 Å². The molecule has 3 rings (SSSR count). The molecule has 0 aliphatic carbocycles. The maximum absolute atomic E-state index is 12.9. The molecule has 0 unspecified atom stereocenters. The highest BCUT2D eigenvalue weighted by Gasteiger charge is 2.19. The van der Waals surface area contributed by atoms with E-state index in [1.165, 1.54) is 0 Å². The summed E-state index contributed by atoms with van der Waals surface area (Å²) in [6, 6.07) is 13.5. The Morgan fingerprint density at radius 3 is 2.80 bits per heavy atom. The van der Waals surface area contributed by atoms with E-state index in [1.54, 1.807) is 11.0 Å². The molecule has 1 fully saturated rings. The van der Waals surface area contributed by atoms with Crippen molar-refractivity contribution >= 4 is 16.8 Å². The fraction of sp³-hybridized carbons (Fsp3) is 0.421. The number of hydrogen-bond donors (Lipinski definition) is 0. The van der Waals surface area contributed by atoms with E-state index in [9.17, 15) is 4.79 Å². The number of morpholine rings is 1. The van der Waals surface area contributed by atoms with Crippen LogP contribution in [0.15, 0.2) is 36.4 Å². The second kappa shape index (κ2) is 8.56. The highest BCUT2D eigenvalue weighted by Crippen LogP contribution is 2.13. The van der Waals surface area contributed by atoms with Crippen LogP contribution in [0.25, 0.3) is 10.9 Å². The average molecular weight is 338 g/mol. The number of amides is 1. The number of para-hydroxylation sites is 1. The number of nitrogens with zero attached hydrogens (tertiary/aromatic N) is 4. The van der Waals surface area contributed by atoms with Crippen LogP contribution in [0, 0.1) is 11.3 Å². The van der Waals surface area contributed by atoms with Gasteiger partial charge in [-0.25, -0.2) is 4.98 Å². The van der Waals surface area contributed by atoms with Crippen LogP contribution in [0.4, 0.5) is 0 Å². The Morgan fingerprint density at radius 2 is 2.00 bits per heavy atom. The molecule has 0 bridgehead atoms. The molecule has 25 heavy (non-hydrogen) atoms. The van der Waals surface area contributed by atoms with Crippen LogP contribution in [0.3, 0.4) is 0 Å². The molecule has 2 heterocycles. The summed E-state index contributed by atoms with van der Waals surface area (Å²) in [7, 11) is 0. The van der Waals surface area contributed by atoms with Crippen molar-refractivity contribution < 1.29 is 9.53 Å². The summed E-state index contributed by atoms with van der Waals surface area (Å²) in [5, 5.41) is 9.91. The first-order valence-electron chi connectivity index (χ1n) is 8.60. The van der Waals surface area contributed by atoms with Crippen molar-refractivity contribution in [1.82, 2.24) is 14.8 Å². The maximum atomic E-state index is 12.9. The summed E-state index contributed by atoms with van der Waals surface area (Å²) in [6.07, 6.45) is 0.322. The molecule has 1 amide bonds. The fourth-order valence-corrected chi connectivity index (χ4v) is 2.93. The number of nitriles is 1. The first-order valence-corrected chi connectivity index (χ1v) is 8.60. The van der Waals surface area contributed by atoms with Gasteiger partial charge in [-0.15, -0.1) is 0 Å². The lowest BCUT2D eigenvalue weighted by molar-refractivity contribution is 0.0325. The third kappa shape index (κ3) is 4.53. The lowest BCUT2D eigenvalue weighted by Crippen LogP contribution is -2.43. The van der Waals surface area contributed by atoms with Gasteiger partial charge in [0.25, 0.3) is 5.91 Å². The third-order valence-electron chi connectivity index (χ3n) is 4.39. The molecule has 1 aromatic heterocycles. The van der Waals surface area contributed by atoms with Crippen molar-refractivity contribution in [2.45, 2.75) is 6.42 Å². The molecular weight excluding hydrogens is 316 g/mol. The van der Waals surface area contributed by atoms with Crippen LogP contribution in [0.1, 0.15) is 16.9 Å². The first-order chi connectivity index (χ1) is 12.3. The Morgan fingerprint density at radius 1 is 1.20 bits per heavy atom. The fourth-order valence-electron chi connectivity index (χ4n) is 2.93. The van der Waals surface area contributed by atoms with Crippen molar-refractivity contribution in [3.8, 4) is 6.07 Å². The van der Waals surface area contributed by atoms with Gasteiger partial charge in [-0.05, 0) is 12.1 Å². The second-order valence-electron chi connectivity index (χ2n) is 6.04. The Bertz CT molecular complexity index is 765. The zero-order valence-electron chi connectivity index (χ0n) is 14.2. The minimum Gasteiger partial charge on any atom is -0.379 e. The van der Waals surface area contributed by atoms with Gasteiger partial charge in [0.05, 0.1) is 31.2 Å². The topological polar surface area (TPSA) is 69.5 Å². The lowest BCUT2D eigenvalue weighted by atomic mass is 10.2. The number of benzene rings is 1. The molecule has 1 aliphatic rings. The predicted molar refractivity (Wildman–Crippen MR) is 95.1 cm³/mol. The molecule has 130 valence electrons. The number of ether oxygens (including phenoxy) is 1. The summed E-state index contributed by atoms with van der Waals surface area (Å²) < 4.78 is 5.35. The second-order valence-corrected chi connectivity index (χ2v) is 6.04. The molecule has 1 aliphatic heterocycles. The SMILES string of the molecule is N#CCCN(CCN1CCOCC1)C(=O)c1ccc2ccccc2n1. The first kappa shape index (κ1) is 17.3. The zero-order chi connectivity index (χ0) is 17.5. The molecule has 6 heteroatoms. The molecule has 0 spiro atoms. The van der Waals surface area contributed by atoms with Crippen molar-refractivity contribution in [3.63, 3.8) is 0 Å². The van der Waals surface area contributed by atoms with Crippen LogP contribution >= 0.6 is 0 Å². The van der Waals surface area contributed by atoms with Gasteiger partial charge in [-0.3, -0.25) is 9.69 Å². The third-order valence-corrected chi connectivity index (χ3v) is 4.39. The molecule has 0 N–H and O–H groups in total. The molecule has 0 radical (unpaired) electrons. The van der Waals surface area contributed by atoms with Gasteiger partial charge in [0.2, 0.25) is 0 Å². The van der Waals surface area contributed by atoms with Gasteiger partial charge >= 0.3 is 0 Å². The molecular formula is C19H22N4O2. The summed E-state index contributed by atoms with van der Waals surface area (Å²) >= 11 is 0. The zero-order valence-corrected chi connectivity index (χ0v) is 14.2. The number of hydrogen-bond acceptors (Lipinski definition) is 5. The molecule has 2 aromatic rings. The summed E-state index contributed by atoms with van der Waals surface area (Å²) in [4.78, 5) is 21.4. The van der Waals surface area contributed by atoms with Crippen LogP contribution in [-0.2, 0) is 4.74 Å². The van der Waals surface area contributed by atoms with Gasteiger partial charge in [0, 0.05) is 38.1 Å². The van der Waals surface area contributed by atoms with Crippen LogP contribution in [0.2, 0.25) is 0 Å². The highest BCUT2D eigenvalue weighted by atomic mass is 16.5. The molecule has 6 nitrogen and oxygen atoms in total. The smallest absolute Gasteiger partial charge is 0.272 e. The summed E-state index contributed by atoms with van der Waals surface area (Å²) in [5.41, 5.74) is 1.24. The van der Waals surface area contributed by atoms with Gasteiger partial charge in [0.1, 0.15) is 5.69 Å². The number of carbonyl (C=O) groups excluding carboxylic acids is 1. The van der Waals surface area contributed by atoms with Gasteiger partial charge in [-0.2, -0.15) is 5.26 Å². The van der Waals surface area contributed by atoms with E-state index in [1.807, 2.05) is 30.3 Å². The van der Waals surface area contributed by atoms with Gasteiger partial charge in [0.15, 0.2) is 0 Å². The Labute approximate surface area is 147 Å². The van der Waals surface area contributed by atoms with Crippen molar-refractivity contribution in [3.05, 3.63) is 42.1 Å². The number of fused-ring (bicyclic) bond motifs is 1. The van der Waals surface area contributed by atoms with Crippen molar-refractivity contribution in [2.75, 3.05) is 45.9 Å².